The SMILES string of the molecule is Cc1cc(N2CC(C)C(C)C2)ccc1/C(N)=N/O. The van der Waals surface area contributed by atoms with Crippen molar-refractivity contribution in [3.05, 3.63) is 29.3 Å². The fourth-order valence-electron chi connectivity index (χ4n) is 2.53. The summed E-state index contributed by atoms with van der Waals surface area (Å²) in [5.74, 6) is 1.63. The van der Waals surface area contributed by atoms with Gasteiger partial charge < -0.3 is 15.8 Å². The van der Waals surface area contributed by atoms with Crippen molar-refractivity contribution in [1.82, 2.24) is 0 Å². The van der Waals surface area contributed by atoms with Gasteiger partial charge in [-0.05, 0) is 42.5 Å². The summed E-state index contributed by atoms with van der Waals surface area (Å²) in [6.07, 6.45) is 0. The van der Waals surface area contributed by atoms with Crippen LogP contribution in [0.5, 0.6) is 0 Å². The molecule has 2 rings (SSSR count). The molecule has 1 aromatic rings. The van der Waals surface area contributed by atoms with Gasteiger partial charge in [-0.2, -0.15) is 0 Å². The number of oxime groups is 1. The van der Waals surface area contributed by atoms with Gasteiger partial charge in [0.05, 0.1) is 0 Å². The molecule has 2 atom stereocenters. The lowest BCUT2D eigenvalue weighted by molar-refractivity contribution is 0.318. The molecule has 4 nitrogen and oxygen atoms in total. The van der Waals surface area contributed by atoms with Crippen LogP contribution in [0.15, 0.2) is 23.4 Å². The van der Waals surface area contributed by atoms with Gasteiger partial charge in [-0.15, -0.1) is 0 Å². The monoisotopic (exact) mass is 247 g/mol. The molecule has 0 aliphatic carbocycles. The molecule has 98 valence electrons. The van der Waals surface area contributed by atoms with E-state index >= 15 is 0 Å². The molecular weight excluding hydrogens is 226 g/mol. The highest BCUT2D eigenvalue weighted by molar-refractivity contribution is 5.98. The summed E-state index contributed by atoms with van der Waals surface area (Å²) in [7, 11) is 0. The summed E-state index contributed by atoms with van der Waals surface area (Å²) in [5, 5.41) is 11.8. The van der Waals surface area contributed by atoms with Crippen LogP contribution in [-0.2, 0) is 0 Å². The third-order valence-corrected chi connectivity index (χ3v) is 3.95. The van der Waals surface area contributed by atoms with Crippen molar-refractivity contribution in [3.63, 3.8) is 0 Å². The van der Waals surface area contributed by atoms with Gasteiger partial charge >= 0.3 is 0 Å². The highest BCUT2D eigenvalue weighted by atomic mass is 16.4. The molecule has 1 fully saturated rings. The van der Waals surface area contributed by atoms with Gasteiger partial charge in [-0.3, -0.25) is 0 Å². The minimum absolute atomic E-state index is 0.169. The van der Waals surface area contributed by atoms with Crippen molar-refractivity contribution < 1.29 is 5.21 Å². The van der Waals surface area contributed by atoms with Gasteiger partial charge in [0.2, 0.25) is 0 Å². The Morgan fingerprint density at radius 1 is 1.33 bits per heavy atom. The molecule has 1 saturated heterocycles. The van der Waals surface area contributed by atoms with E-state index in [2.05, 4.69) is 30.0 Å². The summed E-state index contributed by atoms with van der Waals surface area (Å²) >= 11 is 0. The number of nitrogens with two attached hydrogens (primary N) is 1. The van der Waals surface area contributed by atoms with Crippen molar-refractivity contribution in [2.45, 2.75) is 20.8 Å². The number of amidine groups is 1. The van der Waals surface area contributed by atoms with Crippen LogP contribution in [0.3, 0.4) is 0 Å². The first kappa shape index (κ1) is 12.7. The first-order valence-corrected chi connectivity index (χ1v) is 6.36. The smallest absolute Gasteiger partial charge is 0.170 e. The second-order valence-corrected chi connectivity index (χ2v) is 5.34. The number of anilines is 1. The Hall–Kier alpha value is -1.71. The van der Waals surface area contributed by atoms with E-state index in [0.29, 0.717) is 0 Å². The van der Waals surface area contributed by atoms with Gasteiger partial charge in [0.15, 0.2) is 5.84 Å². The molecule has 1 aliphatic rings. The summed E-state index contributed by atoms with van der Waals surface area (Å²) in [5.41, 5.74) is 8.68. The van der Waals surface area contributed by atoms with Crippen molar-refractivity contribution in [1.29, 1.82) is 0 Å². The van der Waals surface area contributed by atoms with E-state index in [1.807, 2.05) is 19.1 Å². The normalized spacial score (nSPS) is 24.6. The van der Waals surface area contributed by atoms with E-state index < -0.39 is 0 Å². The second-order valence-electron chi connectivity index (χ2n) is 5.34. The zero-order chi connectivity index (χ0) is 13.3. The lowest BCUT2D eigenvalue weighted by Gasteiger charge is -2.19. The maximum absolute atomic E-state index is 8.72. The first-order valence-electron chi connectivity index (χ1n) is 6.36. The van der Waals surface area contributed by atoms with E-state index in [1.54, 1.807) is 0 Å². The average molecular weight is 247 g/mol. The van der Waals surface area contributed by atoms with Crippen molar-refractivity contribution >= 4 is 11.5 Å². The number of aryl methyl sites for hydroxylation is 1. The van der Waals surface area contributed by atoms with Crippen LogP contribution in [0, 0.1) is 18.8 Å². The van der Waals surface area contributed by atoms with Gasteiger partial charge in [0.25, 0.3) is 0 Å². The maximum atomic E-state index is 8.72. The van der Waals surface area contributed by atoms with Crippen molar-refractivity contribution in [2.75, 3.05) is 18.0 Å². The Balaban J connectivity index is 2.25. The fraction of sp³-hybridized carbons (Fsp3) is 0.500. The molecule has 2 unspecified atom stereocenters. The lowest BCUT2D eigenvalue weighted by atomic mass is 10.0. The highest BCUT2D eigenvalue weighted by Gasteiger charge is 2.26. The van der Waals surface area contributed by atoms with Crippen LogP contribution >= 0.6 is 0 Å². The lowest BCUT2D eigenvalue weighted by Crippen LogP contribution is -2.20. The van der Waals surface area contributed by atoms with Crippen molar-refractivity contribution in [3.8, 4) is 0 Å². The molecule has 18 heavy (non-hydrogen) atoms. The number of rotatable bonds is 2. The van der Waals surface area contributed by atoms with E-state index in [-0.39, 0.29) is 5.84 Å². The molecule has 1 aliphatic heterocycles. The van der Waals surface area contributed by atoms with Crippen LogP contribution in [-0.4, -0.2) is 24.1 Å². The molecule has 0 spiro atoms. The summed E-state index contributed by atoms with van der Waals surface area (Å²) < 4.78 is 0. The van der Waals surface area contributed by atoms with E-state index in [4.69, 9.17) is 10.9 Å². The van der Waals surface area contributed by atoms with Gasteiger partial charge in [-0.1, -0.05) is 19.0 Å². The predicted octanol–water partition coefficient (Wildman–Crippen LogP) is 2.18. The standard InChI is InChI=1S/C14H21N3O/c1-9-6-12(4-5-13(9)14(15)16-18)17-7-10(2)11(3)8-17/h4-6,10-11,18H,7-8H2,1-3H3,(H2,15,16). The Labute approximate surface area is 108 Å². The Kier molecular flexibility index (Phi) is 3.45. The molecule has 0 aromatic heterocycles. The molecule has 1 aromatic carbocycles. The van der Waals surface area contributed by atoms with Crippen molar-refractivity contribution in [2.24, 2.45) is 22.7 Å². The van der Waals surface area contributed by atoms with E-state index in [1.165, 1.54) is 5.69 Å². The third-order valence-electron chi connectivity index (χ3n) is 3.95. The molecule has 0 amide bonds. The van der Waals surface area contributed by atoms with Crippen LogP contribution in [0.4, 0.5) is 5.69 Å². The Bertz CT molecular complexity index is 460. The van der Waals surface area contributed by atoms with Crippen LogP contribution < -0.4 is 10.6 Å². The summed E-state index contributed by atoms with van der Waals surface area (Å²) in [4.78, 5) is 2.40. The van der Waals surface area contributed by atoms with Crippen LogP contribution in [0.25, 0.3) is 0 Å². The largest absolute Gasteiger partial charge is 0.409 e. The van der Waals surface area contributed by atoms with Gasteiger partial charge in [0.1, 0.15) is 0 Å². The second kappa shape index (κ2) is 4.88. The van der Waals surface area contributed by atoms with E-state index in [0.717, 1.165) is 36.1 Å². The minimum Gasteiger partial charge on any atom is -0.409 e. The predicted molar refractivity (Wildman–Crippen MR) is 74.2 cm³/mol. The number of hydrogen-bond donors (Lipinski definition) is 2. The molecule has 4 heteroatoms. The molecule has 0 radical (unpaired) electrons. The molecular formula is C14H21N3O. The number of benzene rings is 1. The summed E-state index contributed by atoms with van der Waals surface area (Å²) in [6, 6.07) is 6.08. The molecule has 0 saturated carbocycles. The molecule has 3 N–H and O–H groups in total. The topological polar surface area (TPSA) is 61.8 Å². The average Bonchev–Trinajstić information content (AvgIpc) is 2.68. The Morgan fingerprint density at radius 2 is 1.94 bits per heavy atom. The van der Waals surface area contributed by atoms with Crippen LogP contribution in [0.1, 0.15) is 25.0 Å². The molecule has 0 bridgehead atoms. The van der Waals surface area contributed by atoms with Crippen LogP contribution in [0.2, 0.25) is 0 Å². The highest BCUT2D eigenvalue weighted by Crippen LogP contribution is 2.28. The number of nitrogens with zero attached hydrogens (tertiary/aromatic N) is 2. The zero-order valence-electron chi connectivity index (χ0n) is 11.2. The minimum atomic E-state index is 0.169. The van der Waals surface area contributed by atoms with Gasteiger partial charge in [0, 0.05) is 24.3 Å². The maximum Gasteiger partial charge on any atom is 0.170 e. The first-order chi connectivity index (χ1) is 8.52. The summed E-state index contributed by atoms with van der Waals surface area (Å²) in [6.45, 7) is 8.78. The third kappa shape index (κ3) is 2.28. The van der Waals surface area contributed by atoms with E-state index in [9.17, 15) is 0 Å². The molecule has 1 heterocycles. The quantitative estimate of drug-likeness (QED) is 0.364. The van der Waals surface area contributed by atoms with Gasteiger partial charge in [-0.25, -0.2) is 0 Å². The zero-order valence-corrected chi connectivity index (χ0v) is 11.2. The Morgan fingerprint density at radius 3 is 2.44 bits per heavy atom. The fourth-order valence-corrected chi connectivity index (χ4v) is 2.53. The number of hydrogen-bond acceptors (Lipinski definition) is 3.